The summed E-state index contributed by atoms with van der Waals surface area (Å²) >= 11 is 0. The highest BCUT2D eigenvalue weighted by atomic mass is 19.1. The second kappa shape index (κ2) is 7.42. The molecule has 7 heteroatoms. The molecule has 2 heterocycles. The number of nitrogens with zero attached hydrogens (tertiary/aromatic N) is 5. The van der Waals surface area contributed by atoms with E-state index in [0.29, 0.717) is 30.0 Å². The summed E-state index contributed by atoms with van der Waals surface area (Å²) < 4.78 is 15.0. The number of anilines is 1. The van der Waals surface area contributed by atoms with Crippen LogP contribution in [0.15, 0.2) is 48.7 Å². The van der Waals surface area contributed by atoms with E-state index in [1.807, 2.05) is 12.1 Å². The minimum Gasteiger partial charge on any atom is -0.368 e. The van der Waals surface area contributed by atoms with Crippen LogP contribution < -0.4 is 4.90 Å². The number of rotatable bonds is 3. The first-order chi connectivity index (χ1) is 13.5. The lowest BCUT2D eigenvalue weighted by Crippen LogP contribution is -2.49. The van der Waals surface area contributed by atoms with Crippen molar-refractivity contribution in [2.75, 3.05) is 31.1 Å². The highest BCUT2D eigenvalue weighted by Crippen LogP contribution is 2.21. The normalized spacial score (nSPS) is 14.4. The monoisotopic (exact) mass is 379 g/mol. The molecule has 0 aliphatic carbocycles. The van der Waals surface area contributed by atoms with Crippen LogP contribution in [0.4, 0.5) is 10.1 Å². The summed E-state index contributed by atoms with van der Waals surface area (Å²) in [5, 5.41) is 8.06. The van der Waals surface area contributed by atoms with E-state index < -0.39 is 0 Å². The van der Waals surface area contributed by atoms with Crippen LogP contribution in [0.5, 0.6) is 0 Å². The molecule has 1 aromatic heterocycles. The van der Waals surface area contributed by atoms with Gasteiger partial charge in [-0.2, -0.15) is 0 Å². The second-order valence-electron chi connectivity index (χ2n) is 7.05. The van der Waals surface area contributed by atoms with Gasteiger partial charge in [0, 0.05) is 31.9 Å². The fourth-order valence-corrected chi connectivity index (χ4v) is 3.49. The van der Waals surface area contributed by atoms with Gasteiger partial charge >= 0.3 is 0 Å². The number of para-hydroxylation sites is 1. The summed E-state index contributed by atoms with van der Waals surface area (Å²) in [6.07, 6.45) is 1.60. The molecule has 0 saturated carbocycles. The Morgan fingerprint density at radius 3 is 2.46 bits per heavy atom. The van der Waals surface area contributed by atoms with Gasteiger partial charge < -0.3 is 9.80 Å². The summed E-state index contributed by atoms with van der Waals surface area (Å²) in [5.74, 6) is -0.402. The van der Waals surface area contributed by atoms with Crippen molar-refractivity contribution in [1.29, 1.82) is 0 Å². The lowest BCUT2D eigenvalue weighted by Gasteiger charge is -2.36. The van der Waals surface area contributed by atoms with Gasteiger partial charge in [0.1, 0.15) is 5.82 Å². The first kappa shape index (κ1) is 18.2. The number of aryl methyl sites for hydroxylation is 2. The average Bonchev–Trinajstić information content (AvgIpc) is 3.20. The molecule has 0 unspecified atom stereocenters. The first-order valence-corrected chi connectivity index (χ1v) is 9.31. The SMILES string of the molecule is Cc1cc(-n2cc(C(=O)N3CCN(c4ccccc4C)CC3)nn2)ccc1F. The molecule has 1 aliphatic heterocycles. The van der Waals surface area contributed by atoms with Crippen molar-refractivity contribution in [3.8, 4) is 5.69 Å². The van der Waals surface area contributed by atoms with Gasteiger partial charge in [0.05, 0.1) is 11.9 Å². The predicted molar refractivity (Wildman–Crippen MR) is 105 cm³/mol. The maximum atomic E-state index is 13.5. The first-order valence-electron chi connectivity index (χ1n) is 9.31. The molecule has 144 valence electrons. The summed E-state index contributed by atoms with van der Waals surface area (Å²) in [6, 6.07) is 13.0. The van der Waals surface area contributed by atoms with Crippen molar-refractivity contribution >= 4 is 11.6 Å². The molecule has 3 aromatic rings. The minimum absolute atomic E-state index is 0.130. The highest BCUT2D eigenvalue weighted by Gasteiger charge is 2.25. The van der Waals surface area contributed by atoms with Gasteiger partial charge in [0.2, 0.25) is 0 Å². The molecule has 0 atom stereocenters. The van der Waals surface area contributed by atoms with Gasteiger partial charge in [0.25, 0.3) is 5.91 Å². The van der Waals surface area contributed by atoms with E-state index in [9.17, 15) is 9.18 Å². The Morgan fingerprint density at radius 2 is 1.75 bits per heavy atom. The van der Waals surface area contributed by atoms with Crippen molar-refractivity contribution in [2.24, 2.45) is 0 Å². The van der Waals surface area contributed by atoms with E-state index in [2.05, 4.69) is 34.3 Å². The smallest absolute Gasteiger partial charge is 0.276 e. The molecule has 0 spiro atoms. The largest absolute Gasteiger partial charge is 0.368 e. The Bertz CT molecular complexity index is 1010. The van der Waals surface area contributed by atoms with Crippen molar-refractivity contribution in [2.45, 2.75) is 13.8 Å². The van der Waals surface area contributed by atoms with Crippen LogP contribution >= 0.6 is 0 Å². The standard InChI is InChI=1S/C21H22FN5O/c1-15-5-3-4-6-20(15)25-9-11-26(12-10-25)21(28)19-14-27(24-23-19)17-7-8-18(22)16(2)13-17/h3-8,13-14H,9-12H2,1-2H3. The van der Waals surface area contributed by atoms with E-state index in [4.69, 9.17) is 0 Å². The molecule has 1 amide bonds. The number of hydrogen-bond donors (Lipinski definition) is 0. The van der Waals surface area contributed by atoms with Crippen molar-refractivity contribution in [1.82, 2.24) is 19.9 Å². The average molecular weight is 379 g/mol. The van der Waals surface area contributed by atoms with Gasteiger partial charge in [-0.1, -0.05) is 23.4 Å². The number of amides is 1. The molecule has 2 aromatic carbocycles. The van der Waals surface area contributed by atoms with Crippen molar-refractivity contribution < 1.29 is 9.18 Å². The van der Waals surface area contributed by atoms with E-state index in [0.717, 1.165) is 13.1 Å². The topological polar surface area (TPSA) is 54.3 Å². The molecule has 0 bridgehead atoms. The Morgan fingerprint density at radius 1 is 1.00 bits per heavy atom. The summed E-state index contributed by atoms with van der Waals surface area (Å²) in [5.41, 5.74) is 3.95. The Balaban J connectivity index is 1.44. The van der Waals surface area contributed by atoms with Crippen LogP contribution in [0.3, 0.4) is 0 Å². The van der Waals surface area contributed by atoms with Crippen LogP contribution in [0.2, 0.25) is 0 Å². The molecule has 28 heavy (non-hydrogen) atoms. The summed E-state index contributed by atoms with van der Waals surface area (Å²) in [7, 11) is 0. The molecular formula is C21H22FN5O. The number of halogens is 1. The number of benzene rings is 2. The maximum Gasteiger partial charge on any atom is 0.276 e. The number of piperazine rings is 1. The molecule has 1 saturated heterocycles. The fourth-order valence-electron chi connectivity index (χ4n) is 3.49. The number of aromatic nitrogens is 3. The van der Waals surface area contributed by atoms with Crippen LogP contribution in [0.25, 0.3) is 5.69 Å². The Kier molecular flexibility index (Phi) is 4.81. The zero-order valence-corrected chi connectivity index (χ0v) is 16.0. The Labute approximate surface area is 163 Å². The van der Waals surface area contributed by atoms with Crippen LogP contribution in [-0.4, -0.2) is 52.0 Å². The van der Waals surface area contributed by atoms with Crippen LogP contribution in [0.1, 0.15) is 21.6 Å². The molecule has 6 nitrogen and oxygen atoms in total. The third-order valence-corrected chi connectivity index (χ3v) is 5.14. The van der Waals surface area contributed by atoms with Crippen molar-refractivity contribution in [3.63, 3.8) is 0 Å². The number of carbonyl (C=O) groups excluding carboxylic acids is 1. The Hall–Kier alpha value is -3.22. The fraction of sp³-hybridized carbons (Fsp3) is 0.286. The molecule has 1 aliphatic rings. The lowest BCUT2D eigenvalue weighted by atomic mass is 10.1. The highest BCUT2D eigenvalue weighted by molar-refractivity contribution is 5.92. The molecule has 0 radical (unpaired) electrons. The molecule has 0 N–H and O–H groups in total. The zero-order chi connectivity index (χ0) is 19.7. The van der Waals surface area contributed by atoms with Crippen molar-refractivity contribution in [3.05, 3.63) is 71.3 Å². The lowest BCUT2D eigenvalue weighted by molar-refractivity contribution is 0.0740. The third kappa shape index (κ3) is 3.47. The van der Waals surface area contributed by atoms with Gasteiger partial charge in [-0.05, 0) is 49.2 Å². The zero-order valence-electron chi connectivity index (χ0n) is 16.0. The third-order valence-electron chi connectivity index (χ3n) is 5.14. The van der Waals surface area contributed by atoms with Crippen LogP contribution in [0, 0.1) is 19.7 Å². The summed E-state index contributed by atoms with van der Waals surface area (Å²) in [4.78, 5) is 16.9. The molecule has 1 fully saturated rings. The number of carbonyl (C=O) groups is 1. The van der Waals surface area contributed by atoms with E-state index in [1.165, 1.54) is 22.0 Å². The van der Waals surface area contributed by atoms with E-state index in [-0.39, 0.29) is 11.7 Å². The molecule has 4 rings (SSSR count). The van der Waals surface area contributed by atoms with E-state index >= 15 is 0 Å². The van der Waals surface area contributed by atoms with Gasteiger partial charge in [0.15, 0.2) is 5.69 Å². The molecular weight excluding hydrogens is 357 g/mol. The second-order valence-corrected chi connectivity index (χ2v) is 7.05. The van der Waals surface area contributed by atoms with Gasteiger partial charge in [-0.3, -0.25) is 4.79 Å². The van der Waals surface area contributed by atoms with Crippen LogP contribution in [-0.2, 0) is 0 Å². The minimum atomic E-state index is -0.272. The van der Waals surface area contributed by atoms with Gasteiger partial charge in [-0.15, -0.1) is 5.10 Å². The summed E-state index contributed by atoms with van der Waals surface area (Å²) in [6.45, 7) is 6.62. The van der Waals surface area contributed by atoms with Gasteiger partial charge in [-0.25, -0.2) is 9.07 Å². The predicted octanol–water partition coefficient (Wildman–Crippen LogP) is 2.99. The quantitative estimate of drug-likeness (QED) is 0.702. The maximum absolute atomic E-state index is 13.5. The number of hydrogen-bond acceptors (Lipinski definition) is 4. The van der Waals surface area contributed by atoms with E-state index in [1.54, 1.807) is 30.2 Å².